The number of hydrogen-bond acceptors (Lipinski definition) is 3. The van der Waals surface area contributed by atoms with Crippen LogP contribution in [-0.4, -0.2) is 33.1 Å². The van der Waals surface area contributed by atoms with Crippen molar-refractivity contribution in [3.05, 3.63) is 30.5 Å². The fourth-order valence-electron chi connectivity index (χ4n) is 2.14. The molecule has 0 aliphatic rings. The van der Waals surface area contributed by atoms with Crippen molar-refractivity contribution in [1.82, 2.24) is 4.57 Å². The maximum atomic E-state index is 11.7. The zero-order chi connectivity index (χ0) is 15.2. The molecule has 0 radical (unpaired) electrons. The van der Waals surface area contributed by atoms with Gasteiger partial charge < -0.3 is 15.0 Å². The molecule has 112 valence electrons. The van der Waals surface area contributed by atoms with Gasteiger partial charge in [-0.25, -0.2) is 0 Å². The van der Waals surface area contributed by atoms with Gasteiger partial charge in [-0.2, -0.15) is 0 Å². The quantitative estimate of drug-likeness (QED) is 0.825. The molecule has 1 aromatic carbocycles. The van der Waals surface area contributed by atoms with Crippen LogP contribution in [0.15, 0.2) is 30.5 Å². The highest BCUT2D eigenvalue weighted by Crippen LogP contribution is 2.21. The van der Waals surface area contributed by atoms with E-state index in [0.29, 0.717) is 0 Å². The molecule has 0 bridgehead atoms. The first-order valence-electron chi connectivity index (χ1n) is 6.78. The number of carboxylic acid groups (broad SMARTS) is 1. The van der Waals surface area contributed by atoms with Crippen LogP contribution in [0.4, 0.5) is 5.69 Å². The second-order valence-electron chi connectivity index (χ2n) is 4.72. The summed E-state index contributed by atoms with van der Waals surface area (Å²) in [7, 11) is 0. The molecule has 1 heterocycles. The number of aryl methyl sites for hydroxylation is 1. The number of fused-ring (bicyclic) bond motifs is 1. The lowest BCUT2D eigenvalue weighted by Gasteiger charge is -2.06. The number of rotatable bonds is 7. The topological polar surface area (TPSA) is 71.3 Å². The van der Waals surface area contributed by atoms with Gasteiger partial charge in [-0.3, -0.25) is 9.59 Å². The minimum Gasteiger partial charge on any atom is -0.481 e. The zero-order valence-corrected chi connectivity index (χ0v) is 12.7. The molecule has 5 nitrogen and oxygen atoms in total. The van der Waals surface area contributed by atoms with E-state index in [-0.39, 0.29) is 17.4 Å². The molecule has 0 spiro atoms. The van der Waals surface area contributed by atoms with Crippen molar-refractivity contribution >= 4 is 40.2 Å². The van der Waals surface area contributed by atoms with Crippen LogP contribution in [-0.2, 0) is 16.1 Å². The van der Waals surface area contributed by atoms with Gasteiger partial charge in [0.15, 0.2) is 0 Å². The van der Waals surface area contributed by atoms with E-state index in [1.54, 1.807) is 0 Å². The number of benzene rings is 1. The van der Waals surface area contributed by atoms with Crippen LogP contribution in [0.25, 0.3) is 10.9 Å². The number of thioether (sulfide) groups is 1. The van der Waals surface area contributed by atoms with Gasteiger partial charge in [0.25, 0.3) is 0 Å². The molecule has 1 aromatic heterocycles. The summed E-state index contributed by atoms with van der Waals surface area (Å²) in [5, 5.41) is 12.4. The molecule has 1 amide bonds. The van der Waals surface area contributed by atoms with Gasteiger partial charge in [0.2, 0.25) is 5.91 Å². The predicted molar refractivity (Wildman–Crippen MR) is 85.8 cm³/mol. The Morgan fingerprint density at radius 1 is 1.29 bits per heavy atom. The second-order valence-corrected chi connectivity index (χ2v) is 5.70. The van der Waals surface area contributed by atoms with Gasteiger partial charge in [-0.15, -0.1) is 11.8 Å². The van der Waals surface area contributed by atoms with Crippen LogP contribution < -0.4 is 5.32 Å². The average molecular weight is 306 g/mol. The minimum atomic E-state index is -0.911. The Morgan fingerprint density at radius 3 is 2.81 bits per heavy atom. The summed E-state index contributed by atoms with van der Waals surface area (Å²) in [4.78, 5) is 22.1. The number of nitrogens with zero attached hydrogens (tertiary/aromatic N) is 1. The van der Waals surface area contributed by atoms with Crippen LogP contribution in [0.3, 0.4) is 0 Å². The largest absolute Gasteiger partial charge is 0.481 e. The van der Waals surface area contributed by atoms with E-state index >= 15 is 0 Å². The Morgan fingerprint density at radius 2 is 2.10 bits per heavy atom. The van der Waals surface area contributed by atoms with Gasteiger partial charge >= 0.3 is 5.97 Å². The molecule has 0 atom stereocenters. The predicted octanol–water partition coefficient (Wildman–Crippen LogP) is 2.81. The molecule has 0 aliphatic carbocycles. The molecule has 6 heteroatoms. The molecular formula is C15H18N2O3S. The molecule has 0 saturated carbocycles. The van der Waals surface area contributed by atoms with Crippen molar-refractivity contribution in [2.45, 2.75) is 19.9 Å². The number of amides is 1. The number of hydrogen-bond donors (Lipinski definition) is 2. The van der Waals surface area contributed by atoms with Crippen LogP contribution in [0.5, 0.6) is 0 Å². The first-order chi connectivity index (χ1) is 10.1. The summed E-state index contributed by atoms with van der Waals surface area (Å²) in [5.41, 5.74) is 1.88. The third-order valence-corrected chi connectivity index (χ3v) is 3.90. The van der Waals surface area contributed by atoms with Crippen LogP contribution in [0.1, 0.15) is 13.3 Å². The van der Waals surface area contributed by atoms with Crippen molar-refractivity contribution in [2.75, 3.05) is 16.8 Å². The minimum absolute atomic E-state index is 0.0632. The molecule has 0 saturated heterocycles. The Balaban J connectivity index is 1.99. The molecule has 2 N–H and O–H groups in total. The van der Waals surface area contributed by atoms with E-state index in [9.17, 15) is 9.59 Å². The maximum absolute atomic E-state index is 11.7. The van der Waals surface area contributed by atoms with Gasteiger partial charge in [-0.05, 0) is 30.7 Å². The summed E-state index contributed by atoms with van der Waals surface area (Å²) >= 11 is 1.09. The fourth-order valence-corrected chi connectivity index (χ4v) is 2.68. The summed E-state index contributed by atoms with van der Waals surface area (Å²) < 4.78 is 2.18. The lowest BCUT2D eigenvalue weighted by atomic mass is 10.2. The molecule has 0 aliphatic heterocycles. The monoisotopic (exact) mass is 306 g/mol. The third-order valence-electron chi connectivity index (χ3n) is 2.98. The molecule has 0 fully saturated rings. The van der Waals surface area contributed by atoms with Crippen molar-refractivity contribution in [3.63, 3.8) is 0 Å². The molecule has 0 unspecified atom stereocenters. The smallest absolute Gasteiger partial charge is 0.313 e. The normalized spacial score (nSPS) is 10.7. The number of carboxylic acids is 1. The highest BCUT2D eigenvalue weighted by atomic mass is 32.2. The van der Waals surface area contributed by atoms with Crippen molar-refractivity contribution < 1.29 is 14.7 Å². The maximum Gasteiger partial charge on any atom is 0.313 e. The highest BCUT2D eigenvalue weighted by Gasteiger charge is 2.06. The number of nitrogens with one attached hydrogen (secondary N) is 1. The van der Waals surface area contributed by atoms with E-state index in [1.807, 2.05) is 30.5 Å². The van der Waals surface area contributed by atoms with Gasteiger partial charge in [0, 0.05) is 29.3 Å². The average Bonchev–Trinajstić information content (AvgIpc) is 2.81. The van der Waals surface area contributed by atoms with Crippen LogP contribution in [0, 0.1) is 0 Å². The second kappa shape index (κ2) is 7.17. The lowest BCUT2D eigenvalue weighted by Crippen LogP contribution is -2.15. The van der Waals surface area contributed by atoms with Gasteiger partial charge in [0.1, 0.15) is 0 Å². The first-order valence-corrected chi connectivity index (χ1v) is 7.94. The number of aromatic nitrogens is 1. The van der Waals surface area contributed by atoms with E-state index in [2.05, 4.69) is 16.8 Å². The summed E-state index contributed by atoms with van der Waals surface area (Å²) in [6.07, 6.45) is 3.12. The standard InChI is InChI=1S/C15H18N2O3S/c1-2-6-17-7-5-11-8-12(3-4-13(11)17)16-14(18)9-21-10-15(19)20/h3-5,7-8H,2,6,9-10H2,1H3,(H,16,18)(H,19,20). The van der Waals surface area contributed by atoms with Crippen molar-refractivity contribution in [1.29, 1.82) is 0 Å². The van der Waals surface area contributed by atoms with Crippen LogP contribution >= 0.6 is 11.8 Å². The molecule has 21 heavy (non-hydrogen) atoms. The zero-order valence-electron chi connectivity index (χ0n) is 11.8. The van der Waals surface area contributed by atoms with Crippen molar-refractivity contribution in [3.8, 4) is 0 Å². The molecule has 2 aromatic rings. The highest BCUT2D eigenvalue weighted by molar-refractivity contribution is 8.00. The Kier molecular flexibility index (Phi) is 5.27. The summed E-state index contributed by atoms with van der Waals surface area (Å²) in [5.74, 6) is -1.02. The number of carbonyl (C=O) groups excluding carboxylic acids is 1. The van der Waals surface area contributed by atoms with E-state index < -0.39 is 5.97 Å². The first kappa shape index (κ1) is 15.4. The number of carbonyl (C=O) groups is 2. The lowest BCUT2D eigenvalue weighted by molar-refractivity contribution is -0.133. The van der Waals surface area contributed by atoms with E-state index in [4.69, 9.17) is 5.11 Å². The Labute approximate surface area is 127 Å². The molecular weight excluding hydrogens is 288 g/mol. The van der Waals surface area contributed by atoms with E-state index in [0.717, 1.165) is 41.3 Å². The van der Waals surface area contributed by atoms with E-state index in [1.165, 1.54) is 0 Å². The SMILES string of the molecule is CCCn1ccc2cc(NC(=O)CSCC(=O)O)ccc21. The van der Waals surface area contributed by atoms with Gasteiger partial charge in [-0.1, -0.05) is 6.92 Å². The number of aliphatic carboxylic acids is 1. The van der Waals surface area contributed by atoms with Crippen molar-refractivity contribution in [2.24, 2.45) is 0 Å². The summed E-state index contributed by atoms with van der Waals surface area (Å²) in [6.45, 7) is 3.11. The third kappa shape index (κ3) is 4.26. The Bertz CT molecular complexity index is 651. The summed E-state index contributed by atoms with van der Waals surface area (Å²) in [6, 6.07) is 7.82. The fraction of sp³-hybridized carbons (Fsp3) is 0.333. The van der Waals surface area contributed by atoms with Crippen LogP contribution in [0.2, 0.25) is 0 Å². The molecule has 2 rings (SSSR count). The Hall–Kier alpha value is -1.95. The number of anilines is 1. The van der Waals surface area contributed by atoms with Gasteiger partial charge in [0.05, 0.1) is 11.5 Å².